The van der Waals surface area contributed by atoms with Gasteiger partial charge >= 0.3 is 5.76 Å². The van der Waals surface area contributed by atoms with Crippen LogP contribution in [0.3, 0.4) is 0 Å². The highest BCUT2D eigenvalue weighted by atomic mass is 16.4. The Hall–Kier alpha value is -3.35. The van der Waals surface area contributed by atoms with Crippen LogP contribution in [0.25, 0.3) is 28.0 Å². The molecule has 2 heterocycles. The van der Waals surface area contributed by atoms with Gasteiger partial charge in [-0.1, -0.05) is 11.3 Å². The van der Waals surface area contributed by atoms with E-state index in [4.69, 9.17) is 10.2 Å². The second kappa shape index (κ2) is 4.59. The number of hydrogen-bond acceptors (Lipinski definition) is 5. The van der Waals surface area contributed by atoms with E-state index in [1.165, 1.54) is 0 Å². The van der Waals surface area contributed by atoms with E-state index < -0.39 is 5.76 Å². The minimum absolute atomic E-state index is 0.474. The van der Waals surface area contributed by atoms with Crippen LogP contribution in [0.4, 0.5) is 5.69 Å². The van der Waals surface area contributed by atoms with Crippen LogP contribution in [-0.2, 0) is 0 Å². The lowest BCUT2D eigenvalue weighted by Gasteiger charge is -1.99. The Labute approximate surface area is 124 Å². The summed E-state index contributed by atoms with van der Waals surface area (Å²) in [6.45, 7) is 0. The number of nitrogens with zero attached hydrogens (tertiary/aromatic N) is 3. The zero-order valence-corrected chi connectivity index (χ0v) is 11.4. The minimum atomic E-state index is -0.474. The predicted molar refractivity (Wildman–Crippen MR) is 81.6 cm³/mol. The van der Waals surface area contributed by atoms with Crippen LogP contribution in [0.1, 0.15) is 0 Å². The number of anilines is 1. The molecule has 0 fully saturated rings. The molecule has 0 amide bonds. The minimum Gasteiger partial charge on any atom is -0.408 e. The van der Waals surface area contributed by atoms with Crippen LogP contribution in [0.2, 0.25) is 0 Å². The molecule has 0 radical (unpaired) electrons. The molecule has 2 aromatic carbocycles. The van der Waals surface area contributed by atoms with Gasteiger partial charge in [0.25, 0.3) is 0 Å². The second-order valence-electron chi connectivity index (χ2n) is 4.87. The van der Waals surface area contributed by atoms with Crippen molar-refractivity contribution < 1.29 is 4.42 Å². The third kappa shape index (κ3) is 2.05. The molecule has 0 spiro atoms. The molecule has 0 atom stereocenters. The molecule has 0 bridgehead atoms. The number of aromatic nitrogens is 4. The van der Waals surface area contributed by atoms with Crippen molar-refractivity contribution in [3.63, 3.8) is 0 Å². The molecule has 7 heteroatoms. The number of nitrogens with two attached hydrogens (primary N) is 1. The van der Waals surface area contributed by atoms with Gasteiger partial charge in [0.15, 0.2) is 5.58 Å². The lowest BCUT2D eigenvalue weighted by atomic mass is 10.1. The van der Waals surface area contributed by atoms with Gasteiger partial charge in [0, 0.05) is 11.3 Å². The third-order valence-electron chi connectivity index (χ3n) is 3.37. The second-order valence-corrected chi connectivity index (χ2v) is 4.87. The van der Waals surface area contributed by atoms with Gasteiger partial charge in [-0.05, 0) is 36.4 Å². The smallest absolute Gasteiger partial charge is 0.408 e. The SMILES string of the molecule is Nc1ccc(-n2cc(-c3ccc4[nH]c(=O)oc4c3)nn2)cc1. The molecule has 0 aliphatic carbocycles. The summed E-state index contributed by atoms with van der Waals surface area (Å²) in [4.78, 5) is 13.8. The lowest BCUT2D eigenvalue weighted by Crippen LogP contribution is -1.95. The summed E-state index contributed by atoms with van der Waals surface area (Å²) in [7, 11) is 0. The highest BCUT2D eigenvalue weighted by molar-refractivity contribution is 5.78. The summed E-state index contributed by atoms with van der Waals surface area (Å²) in [6, 6.07) is 12.7. The highest BCUT2D eigenvalue weighted by Crippen LogP contribution is 2.22. The van der Waals surface area contributed by atoms with Gasteiger partial charge < -0.3 is 10.2 Å². The fraction of sp³-hybridized carbons (Fsp3) is 0. The van der Waals surface area contributed by atoms with Crippen molar-refractivity contribution in [1.29, 1.82) is 0 Å². The van der Waals surface area contributed by atoms with Crippen LogP contribution in [0.5, 0.6) is 0 Å². The Morgan fingerprint density at radius 1 is 1.14 bits per heavy atom. The average molecular weight is 293 g/mol. The Morgan fingerprint density at radius 2 is 1.95 bits per heavy atom. The Bertz CT molecular complexity index is 1010. The van der Waals surface area contributed by atoms with Crippen molar-refractivity contribution in [3.05, 3.63) is 59.2 Å². The van der Waals surface area contributed by atoms with Gasteiger partial charge in [-0.15, -0.1) is 5.10 Å². The fourth-order valence-electron chi connectivity index (χ4n) is 2.25. The Balaban J connectivity index is 1.75. The number of benzene rings is 2. The van der Waals surface area contributed by atoms with Crippen molar-refractivity contribution in [2.75, 3.05) is 5.73 Å². The largest absolute Gasteiger partial charge is 0.417 e. The molecule has 0 aliphatic rings. The van der Waals surface area contributed by atoms with Crippen molar-refractivity contribution in [3.8, 4) is 16.9 Å². The summed E-state index contributed by atoms with van der Waals surface area (Å²) < 4.78 is 6.71. The number of fused-ring (bicyclic) bond motifs is 1. The van der Waals surface area contributed by atoms with Crippen LogP contribution in [0, 0.1) is 0 Å². The summed E-state index contributed by atoms with van der Waals surface area (Å²) in [5.41, 5.74) is 9.87. The normalized spacial score (nSPS) is 11.1. The summed E-state index contributed by atoms with van der Waals surface area (Å²) >= 11 is 0. The van der Waals surface area contributed by atoms with E-state index in [1.54, 1.807) is 35.1 Å². The van der Waals surface area contributed by atoms with Crippen molar-refractivity contribution in [2.45, 2.75) is 0 Å². The van der Waals surface area contributed by atoms with Gasteiger partial charge in [-0.3, -0.25) is 4.98 Å². The number of rotatable bonds is 2. The number of nitrogen functional groups attached to an aromatic ring is 1. The van der Waals surface area contributed by atoms with E-state index >= 15 is 0 Å². The van der Waals surface area contributed by atoms with E-state index in [9.17, 15) is 4.79 Å². The number of nitrogens with one attached hydrogen (secondary N) is 1. The first-order valence-corrected chi connectivity index (χ1v) is 6.60. The topological polar surface area (TPSA) is 103 Å². The standard InChI is InChI=1S/C15H11N5O2/c16-10-2-4-11(5-3-10)20-8-13(18-19-20)9-1-6-12-14(7-9)22-15(21)17-12/h1-8H,16H2,(H,17,21). The number of oxazole rings is 1. The van der Waals surface area contributed by atoms with Crippen molar-refractivity contribution >= 4 is 16.8 Å². The number of H-pyrrole nitrogens is 1. The first-order chi connectivity index (χ1) is 10.7. The summed E-state index contributed by atoms with van der Waals surface area (Å²) in [6.07, 6.45) is 1.80. The quantitative estimate of drug-likeness (QED) is 0.550. The van der Waals surface area contributed by atoms with Crippen LogP contribution in [0.15, 0.2) is 57.9 Å². The molecule has 0 saturated heterocycles. The van der Waals surface area contributed by atoms with E-state index in [0.717, 1.165) is 11.3 Å². The molecule has 4 rings (SSSR count). The molecule has 22 heavy (non-hydrogen) atoms. The molecule has 0 aliphatic heterocycles. The maximum absolute atomic E-state index is 11.2. The molecular formula is C15H11N5O2. The fourth-order valence-corrected chi connectivity index (χ4v) is 2.25. The van der Waals surface area contributed by atoms with E-state index in [1.807, 2.05) is 18.2 Å². The van der Waals surface area contributed by atoms with Crippen LogP contribution >= 0.6 is 0 Å². The van der Waals surface area contributed by atoms with E-state index in [0.29, 0.717) is 22.5 Å². The Morgan fingerprint density at radius 3 is 2.77 bits per heavy atom. The third-order valence-corrected chi connectivity index (χ3v) is 3.37. The zero-order valence-electron chi connectivity index (χ0n) is 11.4. The molecule has 3 N–H and O–H groups in total. The zero-order chi connectivity index (χ0) is 15.1. The molecule has 0 unspecified atom stereocenters. The molecule has 108 valence electrons. The van der Waals surface area contributed by atoms with E-state index in [2.05, 4.69) is 15.3 Å². The summed E-state index contributed by atoms with van der Waals surface area (Å²) in [5.74, 6) is -0.474. The average Bonchev–Trinajstić information content (AvgIpc) is 3.12. The molecule has 7 nitrogen and oxygen atoms in total. The maximum atomic E-state index is 11.2. The number of hydrogen-bond donors (Lipinski definition) is 2. The Kier molecular flexibility index (Phi) is 2.59. The highest BCUT2D eigenvalue weighted by Gasteiger charge is 2.08. The lowest BCUT2D eigenvalue weighted by molar-refractivity contribution is 0.555. The predicted octanol–water partition coefficient (Wildman–Crippen LogP) is 1.95. The van der Waals surface area contributed by atoms with Gasteiger partial charge in [-0.2, -0.15) is 0 Å². The van der Waals surface area contributed by atoms with Gasteiger partial charge in [0.1, 0.15) is 5.69 Å². The molecular weight excluding hydrogens is 282 g/mol. The van der Waals surface area contributed by atoms with Crippen molar-refractivity contribution in [1.82, 2.24) is 20.0 Å². The number of aromatic amines is 1. The van der Waals surface area contributed by atoms with Crippen LogP contribution in [-0.4, -0.2) is 20.0 Å². The first-order valence-electron chi connectivity index (χ1n) is 6.60. The van der Waals surface area contributed by atoms with Crippen molar-refractivity contribution in [2.24, 2.45) is 0 Å². The first kappa shape index (κ1) is 12.4. The molecule has 4 aromatic rings. The van der Waals surface area contributed by atoms with Gasteiger partial charge in [-0.25, -0.2) is 9.48 Å². The summed E-state index contributed by atoms with van der Waals surface area (Å²) in [5, 5.41) is 8.25. The van der Waals surface area contributed by atoms with Gasteiger partial charge in [0.2, 0.25) is 0 Å². The van der Waals surface area contributed by atoms with Gasteiger partial charge in [0.05, 0.1) is 17.4 Å². The van der Waals surface area contributed by atoms with Crippen LogP contribution < -0.4 is 11.5 Å². The maximum Gasteiger partial charge on any atom is 0.417 e. The molecule has 0 saturated carbocycles. The molecule has 2 aromatic heterocycles. The monoisotopic (exact) mass is 293 g/mol. The van der Waals surface area contributed by atoms with E-state index in [-0.39, 0.29) is 0 Å².